The van der Waals surface area contributed by atoms with Crippen LogP contribution in [-0.2, 0) is 24.4 Å². The Kier molecular flexibility index (Phi) is 4.95. The molecular weight excluding hydrogens is 348 g/mol. The van der Waals surface area contributed by atoms with Gasteiger partial charge in [-0.05, 0) is 29.3 Å². The molecule has 0 radical (unpaired) electrons. The summed E-state index contributed by atoms with van der Waals surface area (Å²) in [5, 5.41) is 1.65. The number of hydrogen-bond donors (Lipinski definition) is 0. The highest BCUT2D eigenvalue weighted by Gasteiger charge is 2.07. The minimum atomic E-state index is 0.353. The van der Waals surface area contributed by atoms with E-state index in [0.717, 1.165) is 27.7 Å². The molecule has 0 bridgehead atoms. The van der Waals surface area contributed by atoms with Gasteiger partial charge in [-0.2, -0.15) is 0 Å². The van der Waals surface area contributed by atoms with Gasteiger partial charge in [-0.15, -0.1) is 0 Å². The fraction of sp³-hybridized carbons (Fsp3) is 0.143. The van der Waals surface area contributed by atoms with E-state index in [-0.39, 0.29) is 0 Å². The van der Waals surface area contributed by atoms with E-state index in [1.54, 1.807) is 12.5 Å². The standard InChI is InChI=1S/C21H17ClN2O2/c22-18-10-17-8-16(6-7-20(17)23-11-18)9-19-13-26-21(24-19)14-25-12-15-4-2-1-3-5-15/h1-8,10-11,13H,9,12,14H2. The lowest BCUT2D eigenvalue weighted by atomic mass is 10.1. The van der Waals surface area contributed by atoms with Crippen molar-refractivity contribution in [2.75, 3.05) is 0 Å². The van der Waals surface area contributed by atoms with Crippen LogP contribution in [0.5, 0.6) is 0 Å². The van der Waals surface area contributed by atoms with Crippen molar-refractivity contribution in [2.45, 2.75) is 19.6 Å². The van der Waals surface area contributed by atoms with Gasteiger partial charge < -0.3 is 9.15 Å². The molecular formula is C21H17ClN2O2. The molecule has 4 rings (SSSR count). The Bertz CT molecular complexity index is 1010. The van der Waals surface area contributed by atoms with Crippen molar-refractivity contribution in [3.05, 3.63) is 94.8 Å². The van der Waals surface area contributed by atoms with Crippen LogP contribution in [0.1, 0.15) is 22.7 Å². The Morgan fingerprint density at radius 2 is 1.85 bits per heavy atom. The topological polar surface area (TPSA) is 48.2 Å². The summed E-state index contributed by atoms with van der Waals surface area (Å²) in [6, 6.07) is 18.1. The minimum Gasteiger partial charge on any atom is -0.446 e. The second kappa shape index (κ2) is 7.68. The van der Waals surface area contributed by atoms with Gasteiger partial charge in [-0.1, -0.05) is 48.0 Å². The van der Waals surface area contributed by atoms with Gasteiger partial charge in [0.15, 0.2) is 0 Å². The number of nitrogens with zero attached hydrogens (tertiary/aromatic N) is 2. The highest BCUT2D eigenvalue weighted by molar-refractivity contribution is 6.31. The zero-order valence-corrected chi connectivity index (χ0v) is 14.8. The fourth-order valence-electron chi connectivity index (χ4n) is 2.80. The summed E-state index contributed by atoms with van der Waals surface area (Å²) in [5.74, 6) is 0.585. The summed E-state index contributed by atoms with van der Waals surface area (Å²) >= 11 is 6.02. The van der Waals surface area contributed by atoms with Crippen LogP contribution in [0.25, 0.3) is 10.9 Å². The van der Waals surface area contributed by atoms with Crippen LogP contribution >= 0.6 is 11.6 Å². The Morgan fingerprint density at radius 3 is 2.73 bits per heavy atom. The van der Waals surface area contributed by atoms with E-state index >= 15 is 0 Å². The summed E-state index contributed by atoms with van der Waals surface area (Å²) in [6.07, 6.45) is 4.02. The normalized spacial score (nSPS) is 11.1. The van der Waals surface area contributed by atoms with Crippen LogP contribution in [0.4, 0.5) is 0 Å². The predicted molar refractivity (Wildman–Crippen MR) is 101 cm³/mol. The van der Waals surface area contributed by atoms with Gasteiger partial charge in [0.2, 0.25) is 5.89 Å². The minimum absolute atomic E-state index is 0.353. The Balaban J connectivity index is 1.38. The number of oxazole rings is 1. The molecule has 2 aromatic carbocycles. The molecule has 0 amide bonds. The number of fused-ring (bicyclic) bond motifs is 1. The van der Waals surface area contributed by atoms with Crippen LogP contribution in [0.15, 0.2) is 71.5 Å². The van der Waals surface area contributed by atoms with Crippen LogP contribution in [-0.4, -0.2) is 9.97 Å². The van der Waals surface area contributed by atoms with Crippen molar-refractivity contribution >= 4 is 22.5 Å². The van der Waals surface area contributed by atoms with Crippen molar-refractivity contribution in [1.82, 2.24) is 9.97 Å². The van der Waals surface area contributed by atoms with Crippen LogP contribution in [0, 0.1) is 0 Å². The second-order valence-corrected chi connectivity index (χ2v) is 6.50. The van der Waals surface area contributed by atoms with Crippen LogP contribution in [0.3, 0.4) is 0 Å². The van der Waals surface area contributed by atoms with Gasteiger partial charge in [0.25, 0.3) is 0 Å². The Hall–Kier alpha value is -2.69. The molecule has 0 fully saturated rings. The molecule has 2 heterocycles. The highest BCUT2D eigenvalue weighted by atomic mass is 35.5. The van der Waals surface area contributed by atoms with Gasteiger partial charge in [0.1, 0.15) is 12.9 Å². The molecule has 0 aliphatic rings. The predicted octanol–water partition coefficient (Wildman–Crippen LogP) is 5.18. The first kappa shape index (κ1) is 16.8. The highest BCUT2D eigenvalue weighted by Crippen LogP contribution is 2.20. The lowest BCUT2D eigenvalue weighted by Gasteiger charge is -2.02. The molecule has 0 aliphatic heterocycles. The number of hydrogen-bond acceptors (Lipinski definition) is 4. The van der Waals surface area contributed by atoms with E-state index in [9.17, 15) is 0 Å². The number of aromatic nitrogens is 2. The van der Waals surface area contributed by atoms with E-state index in [1.165, 1.54) is 0 Å². The summed E-state index contributed by atoms with van der Waals surface area (Å²) < 4.78 is 11.2. The maximum absolute atomic E-state index is 6.02. The van der Waals surface area contributed by atoms with E-state index in [4.69, 9.17) is 20.8 Å². The Morgan fingerprint density at radius 1 is 0.962 bits per heavy atom. The molecule has 0 aliphatic carbocycles. The molecule has 4 nitrogen and oxygen atoms in total. The third-order valence-corrected chi connectivity index (χ3v) is 4.24. The molecule has 0 spiro atoms. The number of benzene rings is 2. The van der Waals surface area contributed by atoms with Crippen molar-refractivity contribution in [3.63, 3.8) is 0 Å². The monoisotopic (exact) mass is 364 g/mol. The number of ether oxygens (including phenoxy) is 1. The summed E-state index contributed by atoms with van der Waals surface area (Å²) in [4.78, 5) is 8.81. The first-order valence-corrected chi connectivity index (χ1v) is 8.73. The second-order valence-electron chi connectivity index (χ2n) is 6.07. The number of halogens is 1. The van der Waals surface area contributed by atoms with Gasteiger partial charge in [-0.3, -0.25) is 4.98 Å². The van der Waals surface area contributed by atoms with Gasteiger partial charge >= 0.3 is 0 Å². The molecule has 5 heteroatoms. The van der Waals surface area contributed by atoms with Crippen molar-refractivity contribution in [1.29, 1.82) is 0 Å². The summed E-state index contributed by atoms with van der Waals surface area (Å²) in [7, 11) is 0. The first-order valence-electron chi connectivity index (χ1n) is 8.35. The average molecular weight is 365 g/mol. The zero-order valence-electron chi connectivity index (χ0n) is 14.1. The molecule has 4 aromatic rings. The molecule has 0 atom stereocenters. The number of rotatable bonds is 6. The van der Waals surface area contributed by atoms with Crippen LogP contribution < -0.4 is 0 Å². The molecule has 0 saturated heterocycles. The van der Waals surface area contributed by atoms with Gasteiger partial charge in [0.05, 0.1) is 22.8 Å². The molecule has 130 valence electrons. The maximum atomic E-state index is 6.02. The maximum Gasteiger partial charge on any atom is 0.220 e. The smallest absolute Gasteiger partial charge is 0.220 e. The molecule has 0 saturated carbocycles. The van der Waals surface area contributed by atoms with Crippen LogP contribution in [0.2, 0.25) is 5.02 Å². The third-order valence-electron chi connectivity index (χ3n) is 4.03. The van der Waals surface area contributed by atoms with Crippen molar-refractivity contribution in [2.24, 2.45) is 0 Å². The first-order chi connectivity index (χ1) is 12.8. The quantitative estimate of drug-likeness (QED) is 0.472. The molecule has 0 N–H and O–H groups in total. The van der Waals surface area contributed by atoms with E-state index < -0.39 is 0 Å². The van der Waals surface area contributed by atoms with E-state index in [1.807, 2.05) is 48.5 Å². The number of pyridine rings is 1. The fourth-order valence-corrected chi connectivity index (χ4v) is 2.97. The zero-order chi connectivity index (χ0) is 17.8. The van der Waals surface area contributed by atoms with E-state index in [2.05, 4.69) is 16.0 Å². The largest absolute Gasteiger partial charge is 0.446 e. The SMILES string of the molecule is Clc1cnc2ccc(Cc3coc(COCc4ccccc4)n3)cc2c1. The molecule has 2 aromatic heterocycles. The van der Waals surface area contributed by atoms with Crippen molar-refractivity contribution in [3.8, 4) is 0 Å². The molecule has 26 heavy (non-hydrogen) atoms. The average Bonchev–Trinajstić information content (AvgIpc) is 3.09. The summed E-state index contributed by atoms with van der Waals surface area (Å²) in [6.45, 7) is 0.892. The van der Waals surface area contributed by atoms with Gasteiger partial charge in [-0.25, -0.2) is 4.98 Å². The lowest BCUT2D eigenvalue weighted by molar-refractivity contribution is 0.0895. The van der Waals surface area contributed by atoms with Gasteiger partial charge in [0, 0.05) is 18.0 Å². The van der Waals surface area contributed by atoms with E-state index in [0.29, 0.717) is 30.5 Å². The molecule has 0 unspecified atom stereocenters. The Labute approximate surface area is 156 Å². The summed E-state index contributed by atoms with van der Waals surface area (Å²) in [5.41, 5.74) is 4.06. The lowest BCUT2D eigenvalue weighted by Crippen LogP contribution is -1.95. The third kappa shape index (κ3) is 4.10. The van der Waals surface area contributed by atoms with Crippen molar-refractivity contribution < 1.29 is 9.15 Å².